The van der Waals surface area contributed by atoms with Crippen molar-refractivity contribution >= 4 is 22.5 Å². The van der Waals surface area contributed by atoms with Crippen LogP contribution < -0.4 is 10.6 Å². The lowest BCUT2D eigenvalue weighted by molar-refractivity contribution is 0.252. The fraction of sp³-hybridized carbons (Fsp3) is 0.308. The third-order valence-corrected chi connectivity index (χ3v) is 3.60. The van der Waals surface area contributed by atoms with E-state index in [0.717, 1.165) is 22.6 Å². The number of rotatable bonds is 4. The fourth-order valence-electron chi connectivity index (χ4n) is 1.59. The van der Waals surface area contributed by atoms with Crippen LogP contribution in [0.5, 0.6) is 0 Å². The predicted octanol–water partition coefficient (Wildman–Crippen LogP) is 3.05. The molecule has 2 aromatic rings. The van der Waals surface area contributed by atoms with E-state index in [1.54, 1.807) is 12.4 Å². The number of anilines is 1. The van der Waals surface area contributed by atoms with E-state index in [-0.39, 0.29) is 6.03 Å². The second-order valence-electron chi connectivity index (χ2n) is 4.06. The predicted molar refractivity (Wildman–Crippen MR) is 77.4 cm³/mol. The van der Waals surface area contributed by atoms with Gasteiger partial charge in [0.05, 0.1) is 10.6 Å². The van der Waals surface area contributed by atoms with Crippen LogP contribution in [-0.4, -0.2) is 22.5 Å². The second-order valence-corrected chi connectivity index (χ2v) is 5.06. The number of carbonyl (C=O) groups is 1. The lowest BCUT2D eigenvalue weighted by Crippen LogP contribution is -2.29. The maximum Gasteiger partial charge on any atom is 0.321 e. The molecule has 0 saturated carbocycles. The van der Waals surface area contributed by atoms with Gasteiger partial charge in [-0.25, -0.2) is 9.78 Å². The Hall–Kier alpha value is -1.95. The number of nitrogens with zero attached hydrogens (tertiary/aromatic N) is 2. The lowest BCUT2D eigenvalue weighted by atomic mass is 10.2. The Morgan fingerprint density at radius 3 is 3.00 bits per heavy atom. The van der Waals surface area contributed by atoms with Gasteiger partial charge in [0.2, 0.25) is 0 Å². The van der Waals surface area contributed by atoms with Crippen LogP contribution in [0.4, 0.5) is 9.93 Å². The number of thiazole rings is 1. The quantitative estimate of drug-likeness (QED) is 0.902. The van der Waals surface area contributed by atoms with Gasteiger partial charge in [-0.3, -0.25) is 10.3 Å². The average Bonchev–Trinajstić information content (AvgIpc) is 2.78. The highest BCUT2D eigenvalue weighted by Crippen LogP contribution is 2.31. The zero-order chi connectivity index (χ0) is 13.7. The standard InChI is InChI=1S/C13H16N4OS/c1-3-6-15-12(18)17-13-16-9(2)11(19-13)10-5-4-7-14-8-10/h4-5,7-8H,3,6H2,1-2H3,(H2,15,16,17,18). The molecular weight excluding hydrogens is 260 g/mol. The third-order valence-electron chi connectivity index (χ3n) is 2.48. The van der Waals surface area contributed by atoms with Crippen molar-refractivity contribution in [3.63, 3.8) is 0 Å². The summed E-state index contributed by atoms with van der Waals surface area (Å²) >= 11 is 1.45. The monoisotopic (exact) mass is 276 g/mol. The molecule has 0 unspecified atom stereocenters. The summed E-state index contributed by atoms with van der Waals surface area (Å²) in [6.07, 6.45) is 4.43. The van der Waals surface area contributed by atoms with Crippen molar-refractivity contribution < 1.29 is 4.79 Å². The first-order valence-corrected chi connectivity index (χ1v) is 6.95. The molecule has 5 nitrogen and oxygen atoms in total. The van der Waals surface area contributed by atoms with Crippen molar-refractivity contribution in [2.45, 2.75) is 20.3 Å². The number of carbonyl (C=O) groups excluding carboxylic acids is 1. The van der Waals surface area contributed by atoms with Gasteiger partial charge in [0.1, 0.15) is 0 Å². The van der Waals surface area contributed by atoms with Crippen LogP contribution in [0.1, 0.15) is 19.0 Å². The summed E-state index contributed by atoms with van der Waals surface area (Å²) in [5.41, 5.74) is 1.91. The summed E-state index contributed by atoms with van der Waals surface area (Å²) in [6.45, 7) is 4.59. The topological polar surface area (TPSA) is 66.9 Å². The van der Waals surface area contributed by atoms with Gasteiger partial charge in [-0.05, 0) is 19.4 Å². The van der Waals surface area contributed by atoms with Crippen molar-refractivity contribution in [3.05, 3.63) is 30.2 Å². The normalized spacial score (nSPS) is 10.2. The van der Waals surface area contributed by atoms with Crippen LogP contribution in [0.25, 0.3) is 10.4 Å². The molecule has 0 aliphatic rings. The van der Waals surface area contributed by atoms with E-state index in [0.29, 0.717) is 11.7 Å². The van der Waals surface area contributed by atoms with E-state index in [4.69, 9.17) is 0 Å². The summed E-state index contributed by atoms with van der Waals surface area (Å²) in [5.74, 6) is 0. The summed E-state index contributed by atoms with van der Waals surface area (Å²) in [4.78, 5) is 21.0. The van der Waals surface area contributed by atoms with Gasteiger partial charge in [-0.15, -0.1) is 0 Å². The SMILES string of the molecule is CCCNC(=O)Nc1nc(C)c(-c2cccnc2)s1. The second kappa shape index (κ2) is 6.29. The minimum atomic E-state index is -0.215. The molecule has 0 aromatic carbocycles. The molecule has 0 bridgehead atoms. The highest BCUT2D eigenvalue weighted by molar-refractivity contribution is 7.19. The number of aryl methyl sites for hydroxylation is 1. The number of hydrogen-bond acceptors (Lipinski definition) is 4. The number of aromatic nitrogens is 2. The Labute approximate surface area is 116 Å². The first kappa shape index (κ1) is 13.5. The van der Waals surface area contributed by atoms with Crippen molar-refractivity contribution in [1.29, 1.82) is 0 Å². The average molecular weight is 276 g/mol. The molecule has 0 aliphatic carbocycles. The maximum absolute atomic E-state index is 11.6. The number of pyridine rings is 1. The number of nitrogens with one attached hydrogen (secondary N) is 2. The number of amides is 2. The number of hydrogen-bond donors (Lipinski definition) is 2. The summed E-state index contributed by atoms with van der Waals surface area (Å²) < 4.78 is 0. The van der Waals surface area contributed by atoms with Gasteiger partial charge in [0, 0.05) is 24.5 Å². The highest BCUT2D eigenvalue weighted by Gasteiger charge is 2.11. The van der Waals surface area contributed by atoms with Gasteiger partial charge in [0.15, 0.2) is 5.13 Å². The van der Waals surface area contributed by atoms with Crippen molar-refractivity contribution in [1.82, 2.24) is 15.3 Å². The van der Waals surface area contributed by atoms with Gasteiger partial charge < -0.3 is 5.32 Å². The molecule has 2 rings (SSSR count). The first-order valence-electron chi connectivity index (χ1n) is 6.13. The van der Waals surface area contributed by atoms with Crippen molar-refractivity contribution in [3.8, 4) is 10.4 Å². The highest BCUT2D eigenvalue weighted by atomic mass is 32.1. The summed E-state index contributed by atoms with van der Waals surface area (Å²) in [6, 6.07) is 3.65. The molecule has 19 heavy (non-hydrogen) atoms. The first-order chi connectivity index (χ1) is 9.20. The molecule has 0 spiro atoms. The molecule has 0 saturated heterocycles. The molecule has 6 heteroatoms. The fourth-order valence-corrected chi connectivity index (χ4v) is 2.55. The van der Waals surface area contributed by atoms with Crippen LogP contribution in [0.3, 0.4) is 0 Å². The van der Waals surface area contributed by atoms with E-state index in [2.05, 4.69) is 20.6 Å². The molecule has 0 aliphatic heterocycles. The molecule has 0 radical (unpaired) electrons. The zero-order valence-corrected chi connectivity index (χ0v) is 11.8. The van der Waals surface area contributed by atoms with Crippen LogP contribution in [0, 0.1) is 6.92 Å². The zero-order valence-electron chi connectivity index (χ0n) is 10.9. The molecule has 2 aromatic heterocycles. The van der Waals surface area contributed by atoms with Gasteiger partial charge >= 0.3 is 6.03 Å². The number of urea groups is 1. The Morgan fingerprint density at radius 1 is 1.47 bits per heavy atom. The van der Waals surface area contributed by atoms with Crippen LogP contribution in [0.15, 0.2) is 24.5 Å². The van der Waals surface area contributed by atoms with E-state index in [9.17, 15) is 4.79 Å². The Bertz CT molecular complexity index is 553. The van der Waals surface area contributed by atoms with Crippen molar-refractivity contribution in [2.24, 2.45) is 0 Å². The van der Waals surface area contributed by atoms with Crippen LogP contribution in [-0.2, 0) is 0 Å². The van der Waals surface area contributed by atoms with Crippen molar-refractivity contribution in [2.75, 3.05) is 11.9 Å². The molecule has 0 fully saturated rings. The summed E-state index contributed by atoms with van der Waals surface area (Å²) in [7, 11) is 0. The van der Waals surface area contributed by atoms with Gasteiger partial charge in [-0.1, -0.05) is 24.3 Å². The molecule has 2 amide bonds. The van der Waals surface area contributed by atoms with E-state index < -0.39 is 0 Å². The molecule has 0 atom stereocenters. The van der Waals surface area contributed by atoms with E-state index in [1.165, 1.54) is 11.3 Å². The smallest absolute Gasteiger partial charge is 0.321 e. The molecular formula is C13H16N4OS. The minimum Gasteiger partial charge on any atom is -0.338 e. The van der Waals surface area contributed by atoms with Gasteiger partial charge in [0.25, 0.3) is 0 Å². The van der Waals surface area contributed by atoms with Crippen LogP contribution in [0.2, 0.25) is 0 Å². The molecule has 100 valence electrons. The lowest BCUT2D eigenvalue weighted by Gasteiger charge is -2.02. The maximum atomic E-state index is 11.6. The Kier molecular flexibility index (Phi) is 4.46. The molecule has 2 N–H and O–H groups in total. The van der Waals surface area contributed by atoms with Crippen LogP contribution >= 0.6 is 11.3 Å². The van der Waals surface area contributed by atoms with E-state index >= 15 is 0 Å². The summed E-state index contributed by atoms with van der Waals surface area (Å²) in [5, 5.41) is 6.10. The Morgan fingerprint density at radius 2 is 2.32 bits per heavy atom. The van der Waals surface area contributed by atoms with Gasteiger partial charge in [-0.2, -0.15) is 0 Å². The Balaban J connectivity index is 2.11. The molecule has 2 heterocycles. The largest absolute Gasteiger partial charge is 0.338 e. The minimum absolute atomic E-state index is 0.215. The third kappa shape index (κ3) is 3.51. The van der Waals surface area contributed by atoms with E-state index in [1.807, 2.05) is 26.0 Å².